The summed E-state index contributed by atoms with van der Waals surface area (Å²) in [7, 11) is 1.59. The molecule has 146 valence electrons. The van der Waals surface area contributed by atoms with Crippen molar-refractivity contribution in [2.45, 2.75) is 6.92 Å². The molecule has 0 bridgehead atoms. The number of hydrogen-bond donors (Lipinski definition) is 0. The van der Waals surface area contributed by atoms with Crippen LogP contribution in [0.15, 0.2) is 89.1 Å². The average molecular weight is 386 g/mol. The summed E-state index contributed by atoms with van der Waals surface area (Å²) in [5, 5.41) is 8.41. The predicted molar refractivity (Wildman–Crippen MR) is 116 cm³/mol. The molecule has 3 rings (SSSR count). The van der Waals surface area contributed by atoms with E-state index in [4.69, 9.17) is 9.47 Å². The normalized spacial score (nSPS) is 11.4. The maximum absolute atomic E-state index is 13.0. The fourth-order valence-corrected chi connectivity index (χ4v) is 2.75. The molecule has 0 aromatic heterocycles. The topological polar surface area (TPSA) is 60.2 Å². The summed E-state index contributed by atoms with van der Waals surface area (Å²) in [4.78, 5) is 13.0. The van der Waals surface area contributed by atoms with Crippen molar-refractivity contribution in [1.29, 1.82) is 0 Å². The molecule has 0 aliphatic heterocycles. The summed E-state index contributed by atoms with van der Waals surface area (Å²) in [5.41, 5.74) is 2.34. The van der Waals surface area contributed by atoms with Gasteiger partial charge in [-0.1, -0.05) is 60.7 Å². The number of ketones is 1. The standard InChI is InChI=1S/C24H22N2O3/c1-3-29-21-15-14-18(16-22(21)28-2)17-25-26-23(19-10-6-4-7-11-19)24(27)20-12-8-5-9-13-20/h4-17H,3H2,1-2H3. The van der Waals surface area contributed by atoms with Crippen LogP contribution >= 0.6 is 0 Å². The molecular formula is C24H22N2O3. The average Bonchev–Trinajstić information content (AvgIpc) is 2.78. The van der Waals surface area contributed by atoms with Crippen LogP contribution in [0, 0.1) is 0 Å². The molecule has 0 aliphatic rings. The monoisotopic (exact) mass is 386 g/mol. The van der Waals surface area contributed by atoms with Crippen molar-refractivity contribution in [1.82, 2.24) is 0 Å². The summed E-state index contributed by atoms with van der Waals surface area (Å²) in [6.07, 6.45) is 1.58. The highest BCUT2D eigenvalue weighted by Gasteiger charge is 2.16. The largest absolute Gasteiger partial charge is 0.493 e. The van der Waals surface area contributed by atoms with Crippen LogP contribution in [0.1, 0.15) is 28.4 Å². The second kappa shape index (κ2) is 9.99. The van der Waals surface area contributed by atoms with E-state index in [1.807, 2.05) is 73.7 Å². The second-order valence-corrected chi connectivity index (χ2v) is 6.10. The zero-order chi connectivity index (χ0) is 20.5. The van der Waals surface area contributed by atoms with Crippen molar-refractivity contribution in [3.8, 4) is 11.5 Å². The Balaban J connectivity index is 1.92. The lowest BCUT2D eigenvalue weighted by atomic mass is 10.0. The van der Waals surface area contributed by atoms with Crippen LogP contribution in [0.3, 0.4) is 0 Å². The minimum absolute atomic E-state index is 0.182. The Kier molecular flexibility index (Phi) is 6.90. The van der Waals surface area contributed by atoms with E-state index in [2.05, 4.69) is 10.2 Å². The molecule has 29 heavy (non-hydrogen) atoms. The van der Waals surface area contributed by atoms with Gasteiger partial charge >= 0.3 is 0 Å². The van der Waals surface area contributed by atoms with Gasteiger partial charge in [-0.2, -0.15) is 5.10 Å². The number of benzene rings is 3. The number of Topliss-reactive ketones (excluding diaryl/α,β-unsaturated/α-hetero) is 1. The Morgan fingerprint density at radius 1 is 0.897 bits per heavy atom. The van der Waals surface area contributed by atoms with Crippen LogP contribution in [0.2, 0.25) is 0 Å². The van der Waals surface area contributed by atoms with Crippen LogP contribution < -0.4 is 9.47 Å². The maximum atomic E-state index is 13.0. The minimum Gasteiger partial charge on any atom is -0.493 e. The van der Waals surface area contributed by atoms with Gasteiger partial charge in [0.05, 0.1) is 19.9 Å². The molecule has 5 nitrogen and oxygen atoms in total. The van der Waals surface area contributed by atoms with Gasteiger partial charge in [0.2, 0.25) is 5.78 Å². The van der Waals surface area contributed by atoms with Gasteiger partial charge in [-0.25, -0.2) is 0 Å². The minimum atomic E-state index is -0.182. The molecule has 0 fully saturated rings. The lowest BCUT2D eigenvalue weighted by molar-refractivity contribution is 0.106. The van der Waals surface area contributed by atoms with Crippen LogP contribution in [0.4, 0.5) is 0 Å². The van der Waals surface area contributed by atoms with Crippen molar-refractivity contribution in [3.05, 3.63) is 95.6 Å². The fourth-order valence-electron chi connectivity index (χ4n) is 2.75. The lowest BCUT2D eigenvalue weighted by Gasteiger charge is -2.09. The quantitative estimate of drug-likeness (QED) is 0.317. The molecule has 0 spiro atoms. The first-order chi connectivity index (χ1) is 14.2. The maximum Gasteiger partial charge on any atom is 0.213 e. The molecule has 0 saturated carbocycles. The van der Waals surface area contributed by atoms with Gasteiger partial charge in [-0.15, -0.1) is 5.10 Å². The summed E-state index contributed by atoms with van der Waals surface area (Å²) in [6, 6.07) is 23.8. The first-order valence-corrected chi connectivity index (χ1v) is 9.30. The molecular weight excluding hydrogens is 364 g/mol. The third-order valence-corrected chi connectivity index (χ3v) is 4.15. The highest BCUT2D eigenvalue weighted by Crippen LogP contribution is 2.27. The number of ether oxygens (including phenoxy) is 2. The van der Waals surface area contributed by atoms with E-state index in [9.17, 15) is 4.79 Å². The predicted octanol–water partition coefficient (Wildman–Crippen LogP) is 4.80. The summed E-state index contributed by atoms with van der Waals surface area (Å²) >= 11 is 0. The van der Waals surface area contributed by atoms with E-state index in [0.29, 0.717) is 29.2 Å². The summed E-state index contributed by atoms with van der Waals surface area (Å²) < 4.78 is 10.9. The Morgan fingerprint density at radius 3 is 2.17 bits per heavy atom. The van der Waals surface area contributed by atoms with Gasteiger partial charge in [-0.05, 0) is 30.7 Å². The van der Waals surface area contributed by atoms with Crippen LogP contribution in [-0.4, -0.2) is 31.4 Å². The molecule has 0 saturated heterocycles. The Morgan fingerprint density at radius 2 is 1.55 bits per heavy atom. The van der Waals surface area contributed by atoms with E-state index in [1.54, 1.807) is 25.5 Å². The number of methoxy groups -OCH3 is 1. The number of carbonyl (C=O) groups is 1. The molecule has 0 heterocycles. The Hall–Kier alpha value is -3.73. The third-order valence-electron chi connectivity index (χ3n) is 4.15. The van der Waals surface area contributed by atoms with Crippen molar-refractivity contribution >= 4 is 17.7 Å². The molecule has 0 N–H and O–H groups in total. The summed E-state index contributed by atoms with van der Waals surface area (Å²) in [5.74, 6) is 1.10. The van der Waals surface area contributed by atoms with Crippen molar-refractivity contribution < 1.29 is 14.3 Å². The van der Waals surface area contributed by atoms with Gasteiger partial charge in [0, 0.05) is 11.1 Å². The fraction of sp³-hybridized carbons (Fsp3) is 0.125. The van der Waals surface area contributed by atoms with Gasteiger partial charge in [-0.3, -0.25) is 4.79 Å². The zero-order valence-electron chi connectivity index (χ0n) is 16.4. The summed E-state index contributed by atoms with van der Waals surface area (Å²) in [6.45, 7) is 2.47. The van der Waals surface area contributed by atoms with E-state index >= 15 is 0 Å². The van der Waals surface area contributed by atoms with Gasteiger partial charge in [0.25, 0.3) is 0 Å². The van der Waals surface area contributed by atoms with Gasteiger partial charge in [0.1, 0.15) is 5.71 Å². The number of nitrogens with zero attached hydrogens (tertiary/aromatic N) is 2. The van der Waals surface area contributed by atoms with E-state index in [1.165, 1.54) is 0 Å². The molecule has 3 aromatic rings. The number of rotatable bonds is 8. The van der Waals surface area contributed by atoms with Crippen LogP contribution in [-0.2, 0) is 0 Å². The molecule has 0 amide bonds. The lowest BCUT2D eigenvalue weighted by Crippen LogP contribution is -2.15. The van der Waals surface area contributed by atoms with Crippen molar-refractivity contribution in [3.63, 3.8) is 0 Å². The second-order valence-electron chi connectivity index (χ2n) is 6.10. The van der Waals surface area contributed by atoms with E-state index in [0.717, 1.165) is 5.56 Å². The first-order valence-electron chi connectivity index (χ1n) is 9.30. The van der Waals surface area contributed by atoms with Gasteiger partial charge in [0.15, 0.2) is 11.5 Å². The van der Waals surface area contributed by atoms with Crippen LogP contribution in [0.25, 0.3) is 0 Å². The van der Waals surface area contributed by atoms with Crippen molar-refractivity contribution in [2.75, 3.05) is 13.7 Å². The highest BCUT2D eigenvalue weighted by molar-refractivity contribution is 6.51. The smallest absolute Gasteiger partial charge is 0.213 e. The molecule has 0 unspecified atom stereocenters. The van der Waals surface area contributed by atoms with Crippen molar-refractivity contribution in [2.24, 2.45) is 10.2 Å². The zero-order valence-corrected chi connectivity index (χ0v) is 16.4. The van der Waals surface area contributed by atoms with Gasteiger partial charge < -0.3 is 9.47 Å². The molecule has 5 heteroatoms. The SMILES string of the molecule is CCOc1ccc(C=NN=C(C(=O)c2ccccc2)c2ccccc2)cc1OC. The third kappa shape index (κ3) is 5.17. The highest BCUT2D eigenvalue weighted by atomic mass is 16.5. The molecule has 3 aromatic carbocycles. The van der Waals surface area contributed by atoms with E-state index in [-0.39, 0.29) is 11.5 Å². The van der Waals surface area contributed by atoms with E-state index < -0.39 is 0 Å². The molecule has 0 radical (unpaired) electrons. The Bertz CT molecular complexity index is 1010. The molecule has 0 atom stereocenters. The number of carbonyl (C=O) groups excluding carboxylic acids is 1. The molecule has 0 aliphatic carbocycles. The first kappa shape index (κ1) is 20.0. The van der Waals surface area contributed by atoms with Crippen LogP contribution in [0.5, 0.6) is 11.5 Å². The number of hydrogen-bond acceptors (Lipinski definition) is 5. The Labute approximate surface area is 170 Å².